The predicted molar refractivity (Wildman–Crippen MR) is 66.2 cm³/mol. The zero-order chi connectivity index (χ0) is 11.4. The van der Waals surface area contributed by atoms with Crippen LogP contribution in [0.1, 0.15) is 44.9 Å². The van der Waals surface area contributed by atoms with E-state index in [2.05, 4.69) is 4.90 Å². The normalized spacial score (nSPS) is 27.4. The molecule has 1 aliphatic carbocycles. The van der Waals surface area contributed by atoms with Crippen molar-refractivity contribution in [3.8, 4) is 0 Å². The van der Waals surface area contributed by atoms with Crippen molar-refractivity contribution < 1.29 is 5.11 Å². The lowest BCUT2D eigenvalue weighted by atomic mass is 9.99. The maximum absolute atomic E-state index is 10.1. The summed E-state index contributed by atoms with van der Waals surface area (Å²) in [6, 6.07) is 0.392. The summed E-state index contributed by atoms with van der Waals surface area (Å²) in [5.74, 6) is 0.794. The minimum Gasteiger partial charge on any atom is -0.392 e. The summed E-state index contributed by atoms with van der Waals surface area (Å²) >= 11 is 0. The van der Waals surface area contributed by atoms with Gasteiger partial charge in [0.05, 0.1) is 6.10 Å². The fourth-order valence-electron chi connectivity index (χ4n) is 3.14. The van der Waals surface area contributed by atoms with Gasteiger partial charge in [-0.05, 0) is 38.3 Å². The summed E-state index contributed by atoms with van der Waals surface area (Å²) in [5, 5.41) is 10.1. The standard InChI is InChI=1S/C13H26N2O/c14-12-5-7-15(8-6-12)10-13(16)9-11-3-1-2-4-11/h11-13,16H,1-10,14H2. The highest BCUT2D eigenvalue weighted by atomic mass is 16.3. The predicted octanol–water partition coefficient (Wildman–Crippen LogP) is 1.35. The second-order valence-electron chi connectivity index (χ2n) is 5.68. The van der Waals surface area contributed by atoms with Crippen LogP contribution in [-0.2, 0) is 0 Å². The van der Waals surface area contributed by atoms with Gasteiger partial charge >= 0.3 is 0 Å². The lowest BCUT2D eigenvalue weighted by Crippen LogP contribution is -2.43. The minimum absolute atomic E-state index is 0.113. The molecule has 0 aromatic heterocycles. The molecular weight excluding hydrogens is 200 g/mol. The fraction of sp³-hybridized carbons (Fsp3) is 1.00. The van der Waals surface area contributed by atoms with Crippen molar-refractivity contribution in [2.75, 3.05) is 19.6 Å². The van der Waals surface area contributed by atoms with Crippen molar-refractivity contribution in [3.05, 3.63) is 0 Å². The van der Waals surface area contributed by atoms with E-state index >= 15 is 0 Å². The molecule has 1 saturated heterocycles. The summed E-state index contributed by atoms with van der Waals surface area (Å²) in [6.45, 7) is 3.01. The van der Waals surface area contributed by atoms with E-state index < -0.39 is 0 Å². The number of hydrogen-bond donors (Lipinski definition) is 2. The number of hydrogen-bond acceptors (Lipinski definition) is 3. The molecule has 1 heterocycles. The highest BCUT2D eigenvalue weighted by Crippen LogP contribution is 2.28. The Hall–Kier alpha value is -0.120. The molecule has 94 valence electrons. The largest absolute Gasteiger partial charge is 0.392 e. The Morgan fingerprint density at radius 2 is 1.75 bits per heavy atom. The molecule has 1 atom stereocenters. The van der Waals surface area contributed by atoms with Crippen LogP contribution in [0.2, 0.25) is 0 Å². The summed E-state index contributed by atoms with van der Waals surface area (Å²) in [6.07, 6.45) is 8.50. The molecule has 1 unspecified atom stereocenters. The van der Waals surface area contributed by atoms with Crippen molar-refractivity contribution in [3.63, 3.8) is 0 Å². The number of rotatable bonds is 4. The van der Waals surface area contributed by atoms with Crippen molar-refractivity contribution in [1.82, 2.24) is 4.90 Å². The Kier molecular flexibility index (Phi) is 4.62. The van der Waals surface area contributed by atoms with Crippen LogP contribution in [0.5, 0.6) is 0 Å². The second-order valence-corrected chi connectivity index (χ2v) is 5.68. The van der Waals surface area contributed by atoms with Gasteiger partial charge < -0.3 is 15.7 Å². The molecule has 1 aliphatic heterocycles. The molecule has 3 nitrogen and oxygen atoms in total. The Balaban J connectivity index is 1.64. The Morgan fingerprint density at radius 3 is 2.38 bits per heavy atom. The zero-order valence-electron chi connectivity index (χ0n) is 10.3. The third kappa shape index (κ3) is 3.72. The van der Waals surface area contributed by atoms with Gasteiger partial charge in [-0.1, -0.05) is 25.7 Å². The molecule has 2 fully saturated rings. The van der Waals surface area contributed by atoms with Crippen molar-refractivity contribution in [1.29, 1.82) is 0 Å². The first kappa shape index (κ1) is 12.3. The summed E-state index contributed by atoms with van der Waals surface area (Å²) in [7, 11) is 0. The number of aliphatic hydroxyl groups excluding tert-OH is 1. The van der Waals surface area contributed by atoms with Gasteiger partial charge in [-0.15, -0.1) is 0 Å². The van der Waals surface area contributed by atoms with Crippen LogP contribution in [0.25, 0.3) is 0 Å². The van der Waals surface area contributed by atoms with Gasteiger partial charge in [-0.2, -0.15) is 0 Å². The summed E-state index contributed by atoms with van der Waals surface area (Å²) < 4.78 is 0. The SMILES string of the molecule is NC1CCN(CC(O)CC2CCCC2)CC1. The number of nitrogens with zero attached hydrogens (tertiary/aromatic N) is 1. The van der Waals surface area contributed by atoms with Crippen LogP contribution in [0.3, 0.4) is 0 Å². The average Bonchev–Trinajstić information content (AvgIpc) is 2.74. The average molecular weight is 226 g/mol. The molecule has 1 saturated carbocycles. The van der Waals surface area contributed by atoms with E-state index in [0.29, 0.717) is 6.04 Å². The van der Waals surface area contributed by atoms with Crippen LogP contribution in [0, 0.1) is 5.92 Å². The third-order valence-corrected chi connectivity index (χ3v) is 4.18. The smallest absolute Gasteiger partial charge is 0.0669 e. The highest BCUT2D eigenvalue weighted by molar-refractivity contribution is 4.78. The first-order chi connectivity index (χ1) is 7.74. The molecule has 3 heteroatoms. The quantitative estimate of drug-likeness (QED) is 0.761. The number of piperidine rings is 1. The molecule has 2 rings (SSSR count). The molecule has 0 bridgehead atoms. The van der Waals surface area contributed by atoms with Crippen molar-refractivity contribution in [2.24, 2.45) is 11.7 Å². The number of nitrogens with two attached hydrogens (primary N) is 1. The fourth-order valence-corrected chi connectivity index (χ4v) is 3.14. The third-order valence-electron chi connectivity index (χ3n) is 4.18. The number of aliphatic hydroxyl groups is 1. The summed E-state index contributed by atoms with van der Waals surface area (Å²) in [5.41, 5.74) is 5.87. The molecular formula is C13H26N2O. The van der Waals surface area contributed by atoms with Gasteiger partial charge in [-0.25, -0.2) is 0 Å². The Morgan fingerprint density at radius 1 is 1.12 bits per heavy atom. The topological polar surface area (TPSA) is 49.5 Å². The Bertz CT molecular complexity index is 196. The van der Waals surface area contributed by atoms with Gasteiger partial charge in [0, 0.05) is 12.6 Å². The van der Waals surface area contributed by atoms with E-state index in [4.69, 9.17) is 5.73 Å². The van der Waals surface area contributed by atoms with E-state index in [1.165, 1.54) is 25.7 Å². The first-order valence-electron chi connectivity index (χ1n) is 6.90. The number of likely N-dealkylation sites (tertiary alicyclic amines) is 1. The van der Waals surface area contributed by atoms with Crippen molar-refractivity contribution in [2.45, 2.75) is 57.1 Å². The van der Waals surface area contributed by atoms with Gasteiger partial charge in [0.1, 0.15) is 0 Å². The lowest BCUT2D eigenvalue weighted by Gasteiger charge is -2.32. The highest BCUT2D eigenvalue weighted by Gasteiger charge is 2.22. The van der Waals surface area contributed by atoms with Gasteiger partial charge in [0.15, 0.2) is 0 Å². The zero-order valence-corrected chi connectivity index (χ0v) is 10.3. The van der Waals surface area contributed by atoms with Crippen LogP contribution in [0.15, 0.2) is 0 Å². The lowest BCUT2D eigenvalue weighted by molar-refractivity contribution is 0.0795. The van der Waals surface area contributed by atoms with Crippen LogP contribution in [0.4, 0.5) is 0 Å². The van der Waals surface area contributed by atoms with E-state index in [1.807, 2.05) is 0 Å². The van der Waals surface area contributed by atoms with Gasteiger partial charge in [0.2, 0.25) is 0 Å². The van der Waals surface area contributed by atoms with E-state index in [9.17, 15) is 5.11 Å². The molecule has 0 aromatic carbocycles. The molecule has 0 amide bonds. The molecule has 16 heavy (non-hydrogen) atoms. The molecule has 0 radical (unpaired) electrons. The van der Waals surface area contributed by atoms with E-state index in [0.717, 1.165) is 44.8 Å². The Labute approximate surface area is 99.0 Å². The molecule has 0 aromatic rings. The van der Waals surface area contributed by atoms with Crippen molar-refractivity contribution >= 4 is 0 Å². The second kappa shape index (κ2) is 5.99. The van der Waals surface area contributed by atoms with E-state index in [1.54, 1.807) is 0 Å². The van der Waals surface area contributed by atoms with Crippen LogP contribution >= 0.6 is 0 Å². The molecule has 2 aliphatic rings. The maximum Gasteiger partial charge on any atom is 0.0669 e. The van der Waals surface area contributed by atoms with E-state index in [-0.39, 0.29) is 6.10 Å². The van der Waals surface area contributed by atoms with Gasteiger partial charge in [0.25, 0.3) is 0 Å². The summed E-state index contributed by atoms with van der Waals surface area (Å²) in [4.78, 5) is 2.38. The minimum atomic E-state index is -0.113. The molecule has 0 spiro atoms. The first-order valence-corrected chi connectivity index (χ1v) is 6.90. The van der Waals surface area contributed by atoms with Gasteiger partial charge in [-0.3, -0.25) is 0 Å². The molecule has 3 N–H and O–H groups in total. The van der Waals surface area contributed by atoms with Crippen LogP contribution in [-0.4, -0.2) is 41.8 Å². The van der Waals surface area contributed by atoms with Crippen LogP contribution < -0.4 is 5.73 Å². The monoisotopic (exact) mass is 226 g/mol. The maximum atomic E-state index is 10.1. The number of β-amino-alcohol motifs (C(OH)–C–C–N with tert-alkyl or cyclic N) is 1.